The first kappa shape index (κ1) is 18.4. The third-order valence-electron chi connectivity index (χ3n) is 4.51. The number of para-hydroxylation sites is 2. The Morgan fingerprint density at radius 1 is 1.19 bits per heavy atom. The quantitative estimate of drug-likeness (QED) is 0.481. The van der Waals surface area contributed by atoms with Crippen LogP contribution in [0.25, 0.3) is 0 Å². The summed E-state index contributed by atoms with van der Waals surface area (Å²) >= 11 is 1.29. The molecule has 136 valence electrons. The number of carbonyl (C=O) groups excluding carboxylic acids is 1. The number of nitrogens with zero attached hydrogens (tertiary/aromatic N) is 2. The maximum atomic E-state index is 12.8. The van der Waals surface area contributed by atoms with E-state index in [1.165, 1.54) is 18.0 Å². The van der Waals surface area contributed by atoms with Gasteiger partial charge in [0.05, 0.1) is 11.0 Å². The number of hydrogen-bond donors (Lipinski definition) is 1. The fourth-order valence-electron chi connectivity index (χ4n) is 3.14. The minimum absolute atomic E-state index is 0.0639. The summed E-state index contributed by atoms with van der Waals surface area (Å²) in [6, 6.07) is 12.2. The van der Waals surface area contributed by atoms with Crippen molar-refractivity contribution in [3.63, 3.8) is 0 Å². The van der Waals surface area contributed by atoms with Gasteiger partial charge in [-0.15, -0.1) is 0 Å². The van der Waals surface area contributed by atoms with Crippen LogP contribution in [-0.4, -0.2) is 27.7 Å². The van der Waals surface area contributed by atoms with E-state index in [0.29, 0.717) is 4.90 Å². The smallest absolute Gasteiger partial charge is 0.284 e. The molecule has 1 aliphatic rings. The molecule has 1 heterocycles. The van der Waals surface area contributed by atoms with E-state index in [9.17, 15) is 14.9 Å². The lowest BCUT2D eigenvalue weighted by molar-refractivity contribution is -0.387. The van der Waals surface area contributed by atoms with Gasteiger partial charge in [-0.05, 0) is 55.8 Å². The van der Waals surface area contributed by atoms with E-state index in [1.807, 2.05) is 36.4 Å². The van der Waals surface area contributed by atoms with Gasteiger partial charge in [-0.1, -0.05) is 30.3 Å². The molecule has 1 fully saturated rings. The van der Waals surface area contributed by atoms with Crippen LogP contribution in [0.2, 0.25) is 0 Å². The molecule has 1 aliphatic heterocycles. The van der Waals surface area contributed by atoms with Crippen molar-refractivity contribution < 1.29 is 9.72 Å². The highest BCUT2D eigenvalue weighted by atomic mass is 32.2. The summed E-state index contributed by atoms with van der Waals surface area (Å²) in [5, 5.41) is 14.3. The Balaban J connectivity index is 1.76. The number of aryl methyl sites for hydroxylation is 2. The first-order chi connectivity index (χ1) is 12.5. The normalized spacial score (nSPS) is 17.2. The molecule has 0 spiro atoms. The minimum Gasteiger partial charge on any atom is -0.324 e. The van der Waals surface area contributed by atoms with Crippen LogP contribution in [0.4, 0.5) is 11.4 Å². The largest absolute Gasteiger partial charge is 0.324 e. The van der Waals surface area contributed by atoms with Crippen LogP contribution in [0.3, 0.4) is 0 Å². The van der Waals surface area contributed by atoms with Crippen LogP contribution in [0.15, 0.2) is 47.4 Å². The third-order valence-corrected chi connectivity index (χ3v) is 5.73. The zero-order chi connectivity index (χ0) is 18.7. The average molecular weight is 371 g/mol. The third kappa shape index (κ3) is 3.89. The summed E-state index contributed by atoms with van der Waals surface area (Å²) in [6.45, 7) is 4.66. The Bertz CT molecular complexity index is 820. The maximum absolute atomic E-state index is 12.8. The lowest BCUT2D eigenvalue weighted by Gasteiger charge is -2.23. The van der Waals surface area contributed by atoms with Crippen molar-refractivity contribution in [2.75, 3.05) is 11.9 Å². The molecule has 0 unspecified atom stereocenters. The predicted molar refractivity (Wildman–Crippen MR) is 103 cm³/mol. The Labute approximate surface area is 156 Å². The van der Waals surface area contributed by atoms with Crippen molar-refractivity contribution in [1.29, 1.82) is 0 Å². The lowest BCUT2D eigenvalue weighted by Crippen LogP contribution is -2.36. The molecular weight excluding hydrogens is 350 g/mol. The molecule has 1 saturated heterocycles. The topological polar surface area (TPSA) is 75.5 Å². The number of nitrogens with one attached hydrogen (secondary N) is 1. The van der Waals surface area contributed by atoms with Gasteiger partial charge in [0, 0.05) is 18.3 Å². The molecule has 6 nitrogen and oxygen atoms in total. The van der Waals surface area contributed by atoms with E-state index in [0.717, 1.165) is 36.2 Å². The Hall–Kier alpha value is -2.38. The molecule has 0 radical (unpaired) electrons. The van der Waals surface area contributed by atoms with E-state index in [4.69, 9.17) is 0 Å². The first-order valence-electron chi connectivity index (χ1n) is 8.52. The Morgan fingerprint density at radius 2 is 1.88 bits per heavy atom. The fourth-order valence-corrected chi connectivity index (χ4v) is 4.32. The highest BCUT2D eigenvalue weighted by molar-refractivity contribution is 7.97. The van der Waals surface area contributed by atoms with Crippen LogP contribution >= 0.6 is 11.9 Å². The Kier molecular flexibility index (Phi) is 5.58. The van der Waals surface area contributed by atoms with Gasteiger partial charge in [0.15, 0.2) is 0 Å². The molecule has 1 atom stereocenters. The second-order valence-corrected chi connectivity index (χ2v) is 7.46. The predicted octanol–water partition coefficient (Wildman–Crippen LogP) is 4.32. The summed E-state index contributed by atoms with van der Waals surface area (Å²) in [6.07, 6.45) is 1.63. The van der Waals surface area contributed by atoms with Gasteiger partial charge in [0.25, 0.3) is 5.69 Å². The number of rotatable bonds is 5. The number of anilines is 1. The molecule has 2 aromatic carbocycles. The van der Waals surface area contributed by atoms with Crippen molar-refractivity contribution in [1.82, 2.24) is 4.31 Å². The van der Waals surface area contributed by atoms with E-state index in [-0.39, 0.29) is 22.6 Å². The number of nitro benzene ring substituents is 1. The van der Waals surface area contributed by atoms with Crippen molar-refractivity contribution in [2.45, 2.75) is 37.6 Å². The van der Waals surface area contributed by atoms with Crippen molar-refractivity contribution >= 4 is 29.2 Å². The highest BCUT2D eigenvalue weighted by Gasteiger charge is 2.33. The van der Waals surface area contributed by atoms with Gasteiger partial charge in [-0.2, -0.15) is 0 Å². The molecule has 2 aromatic rings. The monoisotopic (exact) mass is 371 g/mol. The molecule has 7 heteroatoms. The second-order valence-electron chi connectivity index (χ2n) is 6.37. The van der Waals surface area contributed by atoms with Gasteiger partial charge < -0.3 is 5.32 Å². The molecule has 3 rings (SSSR count). The zero-order valence-electron chi connectivity index (χ0n) is 14.8. The van der Waals surface area contributed by atoms with Gasteiger partial charge in [0.1, 0.15) is 4.90 Å². The highest BCUT2D eigenvalue weighted by Crippen LogP contribution is 2.36. The maximum Gasteiger partial charge on any atom is 0.284 e. The van der Waals surface area contributed by atoms with E-state index >= 15 is 0 Å². The average Bonchev–Trinajstić information content (AvgIpc) is 3.07. The zero-order valence-corrected chi connectivity index (χ0v) is 15.6. The van der Waals surface area contributed by atoms with Crippen molar-refractivity contribution in [3.8, 4) is 0 Å². The fraction of sp³-hybridized carbons (Fsp3) is 0.316. The number of carbonyl (C=O) groups is 1. The molecular formula is C19H21N3O3S. The van der Waals surface area contributed by atoms with Crippen molar-refractivity contribution in [2.24, 2.45) is 0 Å². The molecule has 0 bridgehead atoms. The molecule has 0 saturated carbocycles. The lowest BCUT2D eigenvalue weighted by atomic mass is 10.1. The standard InChI is InChI=1S/C19H21N3O3S/c1-13-7-5-8-14(2)18(13)20-19(23)16-10-6-12-21(16)26-17-11-4-3-9-15(17)22(24)25/h3-5,7-9,11,16H,6,10,12H2,1-2H3,(H,20,23)/t16-/m0/s1. The van der Waals surface area contributed by atoms with Crippen molar-refractivity contribution in [3.05, 3.63) is 63.7 Å². The second kappa shape index (κ2) is 7.88. The van der Waals surface area contributed by atoms with Gasteiger partial charge in [-0.25, -0.2) is 4.31 Å². The summed E-state index contributed by atoms with van der Waals surface area (Å²) in [5.41, 5.74) is 2.96. The Morgan fingerprint density at radius 3 is 2.58 bits per heavy atom. The van der Waals surface area contributed by atoms with Crippen LogP contribution in [0.1, 0.15) is 24.0 Å². The SMILES string of the molecule is Cc1cccc(C)c1NC(=O)[C@@H]1CCCN1Sc1ccccc1[N+](=O)[O-]. The molecule has 1 N–H and O–H groups in total. The first-order valence-corrected chi connectivity index (χ1v) is 9.30. The van der Waals surface area contributed by atoms with Crippen LogP contribution in [0, 0.1) is 24.0 Å². The summed E-state index contributed by atoms with van der Waals surface area (Å²) in [7, 11) is 0. The molecule has 26 heavy (non-hydrogen) atoms. The van der Waals surface area contributed by atoms with Crippen LogP contribution in [0.5, 0.6) is 0 Å². The summed E-state index contributed by atoms with van der Waals surface area (Å²) in [4.78, 5) is 24.2. The van der Waals surface area contributed by atoms with Crippen LogP contribution in [-0.2, 0) is 4.79 Å². The van der Waals surface area contributed by atoms with Gasteiger partial charge in [-0.3, -0.25) is 14.9 Å². The molecule has 1 amide bonds. The number of amides is 1. The van der Waals surface area contributed by atoms with Gasteiger partial charge in [0.2, 0.25) is 5.91 Å². The molecule has 0 aromatic heterocycles. The van der Waals surface area contributed by atoms with Gasteiger partial charge >= 0.3 is 0 Å². The minimum atomic E-state index is -0.385. The van der Waals surface area contributed by atoms with Crippen LogP contribution < -0.4 is 5.32 Å². The number of hydrogen-bond acceptors (Lipinski definition) is 5. The molecule has 0 aliphatic carbocycles. The number of nitro groups is 1. The number of benzene rings is 2. The summed E-state index contributed by atoms with van der Waals surface area (Å²) in [5.74, 6) is -0.0639. The van der Waals surface area contributed by atoms with E-state index in [2.05, 4.69) is 5.32 Å². The summed E-state index contributed by atoms with van der Waals surface area (Å²) < 4.78 is 1.95. The van der Waals surface area contributed by atoms with E-state index in [1.54, 1.807) is 18.2 Å². The van der Waals surface area contributed by atoms with E-state index < -0.39 is 0 Å².